The summed E-state index contributed by atoms with van der Waals surface area (Å²) in [6.45, 7) is 1.82. The van der Waals surface area contributed by atoms with Crippen molar-refractivity contribution >= 4 is 11.5 Å². The van der Waals surface area contributed by atoms with Crippen molar-refractivity contribution in [3.8, 4) is 6.07 Å². The lowest BCUT2D eigenvalue weighted by Crippen LogP contribution is -2.10. The van der Waals surface area contributed by atoms with E-state index >= 15 is 0 Å². The van der Waals surface area contributed by atoms with Crippen molar-refractivity contribution < 1.29 is 4.39 Å². The fourth-order valence-electron chi connectivity index (χ4n) is 1.77. The van der Waals surface area contributed by atoms with Gasteiger partial charge in [0, 0.05) is 5.56 Å². The number of nitrogens with one attached hydrogen (secondary N) is 1. The second-order valence-corrected chi connectivity index (χ2v) is 4.13. The molecule has 1 unspecified atom stereocenters. The number of benzene rings is 1. The average molecular weight is 256 g/mol. The van der Waals surface area contributed by atoms with Gasteiger partial charge in [-0.15, -0.1) is 0 Å². The van der Waals surface area contributed by atoms with Gasteiger partial charge in [-0.25, -0.2) is 9.37 Å². The van der Waals surface area contributed by atoms with Crippen molar-refractivity contribution in [2.24, 2.45) is 0 Å². The third kappa shape index (κ3) is 2.80. The van der Waals surface area contributed by atoms with Crippen molar-refractivity contribution in [1.29, 1.82) is 5.26 Å². The average Bonchev–Trinajstić information content (AvgIpc) is 2.41. The summed E-state index contributed by atoms with van der Waals surface area (Å²) >= 11 is 0. The maximum Gasteiger partial charge on any atom is 0.165 e. The van der Waals surface area contributed by atoms with Gasteiger partial charge < -0.3 is 11.1 Å². The molecule has 1 aromatic heterocycles. The highest BCUT2D eigenvalue weighted by molar-refractivity contribution is 5.55. The topological polar surface area (TPSA) is 74.7 Å². The lowest BCUT2D eigenvalue weighted by atomic mass is 10.1. The summed E-state index contributed by atoms with van der Waals surface area (Å²) in [4.78, 5) is 4.07. The third-order valence-corrected chi connectivity index (χ3v) is 2.77. The molecule has 1 aromatic carbocycles. The third-order valence-electron chi connectivity index (χ3n) is 2.77. The molecule has 96 valence electrons. The zero-order valence-corrected chi connectivity index (χ0v) is 10.4. The molecule has 0 saturated carbocycles. The monoisotopic (exact) mass is 256 g/mol. The highest BCUT2D eigenvalue weighted by Gasteiger charge is 2.11. The number of nitriles is 1. The van der Waals surface area contributed by atoms with E-state index in [1.165, 1.54) is 6.07 Å². The fourth-order valence-corrected chi connectivity index (χ4v) is 1.77. The minimum absolute atomic E-state index is 0.158. The van der Waals surface area contributed by atoms with Gasteiger partial charge in [0.05, 0.1) is 11.7 Å². The van der Waals surface area contributed by atoms with Crippen molar-refractivity contribution in [2.45, 2.75) is 13.0 Å². The molecule has 3 N–H and O–H groups in total. The number of aromatic nitrogens is 1. The smallest absolute Gasteiger partial charge is 0.165 e. The number of nitrogen functional groups attached to an aromatic ring is 1. The quantitative estimate of drug-likeness (QED) is 0.885. The first-order valence-electron chi connectivity index (χ1n) is 5.79. The number of nitrogens with two attached hydrogens (primary N) is 1. The van der Waals surface area contributed by atoms with Gasteiger partial charge in [0.15, 0.2) is 5.69 Å². The molecule has 2 aromatic rings. The lowest BCUT2D eigenvalue weighted by Gasteiger charge is -2.15. The molecule has 1 atom stereocenters. The van der Waals surface area contributed by atoms with E-state index in [0.29, 0.717) is 17.1 Å². The van der Waals surface area contributed by atoms with Gasteiger partial charge in [0.2, 0.25) is 0 Å². The van der Waals surface area contributed by atoms with Crippen LogP contribution in [0, 0.1) is 17.1 Å². The molecule has 0 aliphatic rings. The summed E-state index contributed by atoms with van der Waals surface area (Å²) in [6.07, 6.45) is 0. The Morgan fingerprint density at radius 3 is 2.74 bits per heavy atom. The molecule has 0 aliphatic carbocycles. The summed E-state index contributed by atoms with van der Waals surface area (Å²) in [5, 5.41) is 11.9. The molecular weight excluding hydrogens is 243 g/mol. The number of halogens is 1. The highest BCUT2D eigenvalue weighted by Crippen LogP contribution is 2.21. The van der Waals surface area contributed by atoms with E-state index in [-0.39, 0.29) is 17.6 Å². The number of rotatable bonds is 3. The summed E-state index contributed by atoms with van der Waals surface area (Å²) < 4.78 is 13.6. The zero-order chi connectivity index (χ0) is 13.8. The molecule has 5 heteroatoms. The van der Waals surface area contributed by atoms with Gasteiger partial charge in [-0.05, 0) is 25.1 Å². The van der Waals surface area contributed by atoms with Gasteiger partial charge in [-0.2, -0.15) is 5.26 Å². The first kappa shape index (κ1) is 12.8. The Morgan fingerprint density at radius 1 is 1.32 bits per heavy atom. The van der Waals surface area contributed by atoms with Gasteiger partial charge in [-0.3, -0.25) is 0 Å². The first-order valence-corrected chi connectivity index (χ1v) is 5.79. The van der Waals surface area contributed by atoms with Crippen molar-refractivity contribution in [3.05, 3.63) is 53.5 Å². The van der Waals surface area contributed by atoms with E-state index < -0.39 is 0 Å². The zero-order valence-electron chi connectivity index (χ0n) is 10.4. The highest BCUT2D eigenvalue weighted by atomic mass is 19.1. The number of pyridine rings is 1. The van der Waals surface area contributed by atoms with Crippen LogP contribution in [0.5, 0.6) is 0 Å². The predicted octanol–water partition coefficient (Wildman–Crippen LogP) is 2.85. The van der Waals surface area contributed by atoms with Gasteiger partial charge >= 0.3 is 0 Å². The Labute approximate surface area is 110 Å². The minimum atomic E-state index is -0.279. The molecular formula is C14H13FN4. The molecule has 0 radical (unpaired) electrons. The Kier molecular flexibility index (Phi) is 3.62. The van der Waals surface area contributed by atoms with E-state index in [9.17, 15) is 4.39 Å². The lowest BCUT2D eigenvalue weighted by molar-refractivity contribution is 0.600. The fraction of sp³-hybridized carbons (Fsp3) is 0.143. The minimum Gasteiger partial charge on any atom is -0.396 e. The van der Waals surface area contributed by atoms with Crippen LogP contribution in [0.4, 0.5) is 15.9 Å². The molecule has 0 saturated heterocycles. The van der Waals surface area contributed by atoms with Gasteiger partial charge in [0.1, 0.15) is 17.7 Å². The number of nitrogens with zero attached hydrogens (tertiary/aromatic N) is 2. The van der Waals surface area contributed by atoms with Crippen LogP contribution in [-0.2, 0) is 0 Å². The summed E-state index contributed by atoms with van der Waals surface area (Å²) in [5.74, 6) is 0.208. The molecule has 1 heterocycles. The Balaban J connectivity index is 2.22. The standard InChI is InChI=1S/C14H13FN4/c1-9(10-4-2-3-5-11(10)15)18-14-7-6-12(17)13(8-16)19-14/h2-7,9H,17H2,1H3,(H,18,19). The van der Waals surface area contributed by atoms with Crippen molar-refractivity contribution in [2.75, 3.05) is 11.1 Å². The molecule has 0 aliphatic heterocycles. The SMILES string of the molecule is CC(Nc1ccc(N)c(C#N)n1)c1ccccc1F. The summed E-state index contributed by atoms with van der Waals surface area (Å²) in [7, 11) is 0. The van der Waals surface area contributed by atoms with Crippen LogP contribution in [0.15, 0.2) is 36.4 Å². The normalized spacial score (nSPS) is 11.6. The largest absolute Gasteiger partial charge is 0.396 e. The Bertz CT molecular complexity index is 634. The maximum absolute atomic E-state index is 13.6. The molecule has 0 bridgehead atoms. The van der Waals surface area contributed by atoms with Crippen molar-refractivity contribution in [1.82, 2.24) is 4.98 Å². The maximum atomic E-state index is 13.6. The van der Waals surface area contributed by atoms with E-state index in [1.807, 2.05) is 13.0 Å². The molecule has 2 rings (SSSR count). The van der Waals surface area contributed by atoms with Crippen LogP contribution >= 0.6 is 0 Å². The van der Waals surface area contributed by atoms with Gasteiger partial charge in [0.25, 0.3) is 0 Å². The molecule has 0 spiro atoms. The Hall–Kier alpha value is -2.61. The summed E-state index contributed by atoms with van der Waals surface area (Å²) in [5.41, 5.74) is 6.62. The van der Waals surface area contributed by atoms with Crippen LogP contribution in [0.25, 0.3) is 0 Å². The van der Waals surface area contributed by atoms with E-state index in [0.717, 1.165) is 0 Å². The van der Waals surface area contributed by atoms with Crippen LogP contribution in [0.1, 0.15) is 24.2 Å². The van der Waals surface area contributed by atoms with Crippen molar-refractivity contribution in [3.63, 3.8) is 0 Å². The molecule has 0 amide bonds. The number of hydrogen-bond acceptors (Lipinski definition) is 4. The summed E-state index contributed by atoms with van der Waals surface area (Å²) in [6, 6.07) is 11.4. The second-order valence-electron chi connectivity index (χ2n) is 4.13. The van der Waals surface area contributed by atoms with Crippen LogP contribution in [0.2, 0.25) is 0 Å². The van der Waals surface area contributed by atoms with Crippen LogP contribution < -0.4 is 11.1 Å². The molecule has 0 fully saturated rings. The molecule has 19 heavy (non-hydrogen) atoms. The number of hydrogen-bond donors (Lipinski definition) is 2. The Morgan fingerprint density at radius 2 is 2.05 bits per heavy atom. The number of anilines is 2. The van der Waals surface area contributed by atoms with Crippen LogP contribution in [0.3, 0.4) is 0 Å². The van der Waals surface area contributed by atoms with E-state index in [1.54, 1.807) is 30.3 Å². The first-order chi connectivity index (χ1) is 9.11. The van der Waals surface area contributed by atoms with Gasteiger partial charge in [-0.1, -0.05) is 18.2 Å². The van der Waals surface area contributed by atoms with E-state index in [4.69, 9.17) is 11.0 Å². The second kappa shape index (κ2) is 5.36. The van der Waals surface area contributed by atoms with E-state index in [2.05, 4.69) is 10.3 Å². The molecule has 4 nitrogen and oxygen atoms in total. The van der Waals surface area contributed by atoms with Crippen LogP contribution in [-0.4, -0.2) is 4.98 Å². The predicted molar refractivity (Wildman–Crippen MR) is 71.8 cm³/mol.